The Balaban J connectivity index is 1.37. The number of nitrogens with one attached hydrogen (secondary N) is 3. The third-order valence-electron chi connectivity index (χ3n) is 7.89. The number of benzene rings is 1. The molecule has 3 aliphatic heterocycles. The molecule has 3 N–H and O–H groups in total. The molecule has 1 aliphatic carbocycles. The van der Waals surface area contributed by atoms with Gasteiger partial charge in [0.05, 0.1) is 30.4 Å². The zero-order valence-corrected chi connectivity index (χ0v) is 22.5. The van der Waals surface area contributed by atoms with Gasteiger partial charge in [-0.3, -0.25) is 14.5 Å². The van der Waals surface area contributed by atoms with Gasteiger partial charge in [-0.1, -0.05) is 12.1 Å². The molecule has 2 saturated heterocycles. The first-order chi connectivity index (χ1) is 18.4. The fraction of sp³-hybridized carbons (Fsp3) is 0.679. The van der Waals surface area contributed by atoms with Gasteiger partial charge >= 0.3 is 6.03 Å². The first kappa shape index (κ1) is 26.7. The Labute approximate surface area is 224 Å². The number of para-hydroxylation sites is 1. The summed E-state index contributed by atoms with van der Waals surface area (Å²) in [6, 6.07) is 6.23. The maximum absolute atomic E-state index is 13.8. The van der Waals surface area contributed by atoms with E-state index < -0.39 is 6.04 Å². The molecule has 1 aromatic rings. The van der Waals surface area contributed by atoms with Crippen LogP contribution in [0.15, 0.2) is 24.3 Å². The highest BCUT2D eigenvalue weighted by molar-refractivity contribution is 6.00. The van der Waals surface area contributed by atoms with Crippen LogP contribution in [0.25, 0.3) is 0 Å². The van der Waals surface area contributed by atoms with Crippen LogP contribution >= 0.6 is 0 Å². The number of carbonyl (C=O) groups excluding carboxylic acids is 3. The van der Waals surface area contributed by atoms with E-state index in [2.05, 4.69) is 20.9 Å². The molecule has 3 heterocycles. The molecule has 0 aromatic heterocycles. The summed E-state index contributed by atoms with van der Waals surface area (Å²) >= 11 is 0. The molecule has 0 spiro atoms. The third kappa shape index (κ3) is 6.58. The van der Waals surface area contributed by atoms with Crippen LogP contribution in [-0.2, 0) is 9.53 Å². The lowest BCUT2D eigenvalue weighted by atomic mass is 9.96. The highest BCUT2D eigenvalue weighted by Gasteiger charge is 2.39. The molecule has 4 amide bonds. The first-order valence-corrected chi connectivity index (χ1v) is 14.1. The van der Waals surface area contributed by atoms with Crippen molar-refractivity contribution in [2.45, 2.75) is 76.3 Å². The van der Waals surface area contributed by atoms with E-state index in [-0.39, 0.29) is 48.7 Å². The van der Waals surface area contributed by atoms with Gasteiger partial charge in [-0.15, -0.1) is 0 Å². The Hall–Kier alpha value is -2.85. The number of amides is 4. The van der Waals surface area contributed by atoms with Gasteiger partial charge in [-0.25, -0.2) is 4.79 Å². The van der Waals surface area contributed by atoms with Crippen LogP contribution in [0.1, 0.15) is 56.3 Å². The molecule has 10 nitrogen and oxygen atoms in total. The number of urea groups is 1. The first-order valence-electron chi connectivity index (χ1n) is 14.1. The van der Waals surface area contributed by atoms with Crippen LogP contribution in [0.3, 0.4) is 0 Å². The lowest BCUT2D eigenvalue weighted by Crippen LogP contribution is -2.62. The zero-order valence-electron chi connectivity index (χ0n) is 22.5. The van der Waals surface area contributed by atoms with Crippen molar-refractivity contribution in [1.29, 1.82) is 0 Å². The van der Waals surface area contributed by atoms with Gasteiger partial charge in [0.15, 0.2) is 0 Å². The van der Waals surface area contributed by atoms with Gasteiger partial charge in [-0.2, -0.15) is 0 Å². The number of ether oxygens (including phenoxy) is 2. The van der Waals surface area contributed by atoms with Crippen molar-refractivity contribution >= 4 is 17.8 Å². The highest BCUT2D eigenvalue weighted by Crippen LogP contribution is 2.31. The van der Waals surface area contributed by atoms with Crippen LogP contribution < -0.4 is 20.7 Å². The monoisotopic (exact) mass is 527 g/mol. The van der Waals surface area contributed by atoms with E-state index in [0.29, 0.717) is 43.3 Å². The molecular weight excluding hydrogens is 486 g/mol. The molecular formula is C28H41N5O5. The summed E-state index contributed by atoms with van der Waals surface area (Å²) in [5.74, 6) is 0.867. The molecule has 2 bridgehead atoms. The molecule has 3 fully saturated rings. The second kappa shape index (κ2) is 11.9. The third-order valence-corrected chi connectivity index (χ3v) is 7.89. The van der Waals surface area contributed by atoms with Crippen LogP contribution in [0.5, 0.6) is 5.75 Å². The van der Waals surface area contributed by atoms with Crippen molar-refractivity contribution in [2.24, 2.45) is 5.92 Å². The van der Waals surface area contributed by atoms with E-state index in [4.69, 9.17) is 9.47 Å². The Kier molecular flexibility index (Phi) is 8.38. The summed E-state index contributed by atoms with van der Waals surface area (Å²) in [6.45, 7) is 7.21. The van der Waals surface area contributed by atoms with Gasteiger partial charge in [0.1, 0.15) is 11.8 Å². The Morgan fingerprint density at radius 1 is 1.11 bits per heavy atom. The molecule has 4 atom stereocenters. The number of hydrogen-bond acceptors (Lipinski definition) is 6. The van der Waals surface area contributed by atoms with Crippen molar-refractivity contribution in [3.05, 3.63) is 29.8 Å². The Morgan fingerprint density at radius 3 is 2.71 bits per heavy atom. The molecule has 1 saturated carbocycles. The van der Waals surface area contributed by atoms with Gasteiger partial charge in [0.25, 0.3) is 5.91 Å². The molecule has 0 unspecified atom stereocenters. The minimum Gasteiger partial charge on any atom is -0.493 e. The van der Waals surface area contributed by atoms with Crippen LogP contribution in [-0.4, -0.2) is 97.3 Å². The van der Waals surface area contributed by atoms with E-state index >= 15 is 0 Å². The maximum atomic E-state index is 13.8. The molecule has 4 aliphatic rings. The van der Waals surface area contributed by atoms with Crippen molar-refractivity contribution in [3.63, 3.8) is 0 Å². The molecule has 10 heteroatoms. The van der Waals surface area contributed by atoms with Crippen LogP contribution in [0.2, 0.25) is 0 Å². The standard InChI is InChI=1S/C28H41N5O5/c1-18(2)30-28(36)31-22-10-9-20-11-14-37-24-6-4-3-5-21(24)27(35)33-13-12-32(16-19-7-8-19)17-23(33)26(34)29-15-25(22)38-20/h3-6,18-20,22-23,25H,7-17H2,1-2H3,(H,29,34)(H2,30,31,36)/t20-,22+,23-,25+/m0/s1. The topological polar surface area (TPSA) is 112 Å². The average Bonchev–Trinajstić information content (AvgIpc) is 3.71. The van der Waals surface area contributed by atoms with Gasteiger partial charge < -0.3 is 30.3 Å². The zero-order chi connectivity index (χ0) is 26.6. The number of carbonyl (C=O) groups is 3. The van der Waals surface area contributed by atoms with Gasteiger partial charge in [0.2, 0.25) is 5.91 Å². The van der Waals surface area contributed by atoms with Gasteiger partial charge in [0, 0.05) is 45.2 Å². The molecule has 0 radical (unpaired) electrons. The van der Waals surface area contributed by atoms with E-state index in [0.717, 1.165) is 25.9 Å². The van der Waals surface area contributed by atoms with E-state index in [1.807, 2.05) is 32.0 Å². The smallest absolute Gasteiger partial charge is 0.315 e. The SMILES string of the molecule is CC(C)NC(=O)N[C@@H]1CC[C@H]2CCOc3ccccc3C(=O)N3CCN(CC4CC4)C[C@H]3C(=O)NC[C@H]1O2. The summed E-state index contributed by atoms with van der Waals surface area (Å²) in [5, 5.41) is 8.99. The van der Waals surface area contributed by atoms with Crippen molar-refractivity contribution in [3.8, 4) is 5.75 Å². The minimum absolute atomic E-state index is 0.0180. The second-order valence-electron chi connectivity index (χ2n) is 11.3. The quantitative estimate of drug-likeness (QED) is 0.550. The summed E-state index contributed by atoms with van der Waals surface area (Å²) in [4.78, 5) is 43.8. The normalized spacial score (nSPS) is 28.9. The second-order valence-corrected chi connectivity index (χ2v) is 11.3. The fourth-order valence-electron chi connectivity index (χ4n) is 5.68. The lowest BCUT2D eigenvalue weighted by Gasteiger charge is -2.42. The number of piperazine rings is 1. The maximum Gasteiger partial charge on any atom is 0.315 e. The summed E-state index contributed by atoms with van der Waals surface area (Å²) < 4.78 is 12.5. The fourth-order valence-corrected chi connectivity index (χ4v) is 5.68. The number of nitrogens with zero attached hydrogens (tertiary/aromatic N) is 2. The summed E-state index contributed by atoms with van der Waals surface area (Å²) in [5.41, 5.74) is 0.487. The van der Waals surface area contributed by atoms with E-state index in [9.17, 15) is 14.4 Å². The van der Waals surface area contributed by atoms with Crippen molar-refractivity contribution in [2.75, 3.05) is 39.3 Å². The number of hydrogen-bond donors (Lipinski definition) is 3. The summed E-state index contributed by atoms with van der Waals surface area (Å²) in [6.07, 6.45) is 4.21. The van der Waals surface area contributed by atoms with Crippen molar-refractivity contribution < 1.29 is 23.9 Å². The van der Waals surface area contributed by atoms with Gasteiger partial charge in [-0.05, 0) is 57.6 Å². The van der Waals surface area contributed by atoms with E-state index in [1.165, 1.54) is 12.8 Å². The van der Waals surface area contributed by atoms with E-state index in [1.54, 1.807) is 11.0 Å². The Bertz CT molecular complexity index is 1020. The van der Waals surface area contributed by atoms with Crippen LogP contribution in [0.4, 0.5) is 4.79 Å². The molecule has 5 rings (SSSR count). The molecule has 1 aromatic carbocycles. The number of fused-ring (bicyclic) bond motifs is 4. The average molecular weight is 528 g/mol. The van der Waals surface area contributed by atoms with Crippen molar-refractivity contribution in [1.82, 2.24) is 25.8 Å². The predicted octanol–water partition coefficient (Wildman–Crippen LogP) is 1.75. The molecule has 208 valence electrons. The van der Waals surface area contributed by atoms with Crippen LogP contribution in [0, 0.1) is 5.92 Å². The largest absolute Gasteiger partial charge is 0.493 e. The predicted molar refractivity (Wildman–Crippen MR) is 142 cm³/mol. The minimum atomic E-state index is -0.610. The molecule has 38 heavy (non-hydrogen) atoms. The number of rotatable bonds is 4. The summed E-state index contributed by atoms with van der Waals surface area (Å²) in [7, 11) is 0. The highest BCUT2D eigenvalue weighted by atomic mass is 16.5. The Morgan fingerprint density at radius 2 is 1.92 bits per heavy atom. The lowest BCUT2D eigenvalue weighted by molar-refractivity contribution is -0.130.